The van der Waals surface area contributed by atoms with Crippen LogP contribution in [0, 0.1) is 46.3 Å². The van der Waals surface area contributed by atoms with E-state index in [1.54, 1.807) is 5.57 Å². The van der Waals surface area contributed by atoms with Crippen LogP contribution in [0.1, 0.15) is 208 Å². The van der Waals surface area contributed by atoms with Crippen LogP contribution < -0.4 is 0 Å². The third kappa shape index (κ3) is 17.7. The van der Waals surface area contributed by atoms with Crippen molar-refractivity contribution < 1.29 is 23.7 Å². The minimum Gasteiger partial charge on any atom is -0.379 e. The van der Waals surface area contributed by atoms with Crippen LogP contribution in [0.15, 0.2) is 23.8 Å². The first-order valence-corrected chi connectivity index (χ1v) is 27.8. The van der Waals surface area contributed by atoms with Crippen LogP contribution in [0.5, 0.6) is 0 Å². The van der Waals surface area contributed by atoms with Crippen molar-refractivity contribution in [2.75, 3.05) is 72.5 Å². The number of hydrogen-bond acceptors (Lipinski definition) is 6. The van der Waals surface area contributed by atoms with Gasteiger partial charge in [0.05, 0.1) is 58.5 Å². The van der Waals surface area contributed by atoms with Crippen LogP contribution in [0.3, 0.4) is 0 Å². The second-order valence-corrected chi connectivity index (χ2v) is 22.4. The van der Waals surface area contributed by atoms with Crippen molar-refractivity contribution in [1.82, 2.24) is 4.90 Å². The zero-order valence-electron chi connectivity index (χ0n) is 42.5. The maximum Gasteiger partial charge on any atom is 0.0821 e. The fourth-order valence-electron chi connectivity index (χ4n) is 13.5. The summed E-state index contributed by atoms with van der Waals surface area (Å²) < 4.78 is 30.8. The Labute approximate surface area is 390 Å². The minimum atomic E-state index is 0.109. The first-order chi connectivity index (χ1) is 30.7. The molecule has 5 aliphatic rings. The van der Waals surface area contributed by atoms with Gasteiger partial charge in [0.2, 0.25) is 0 Å². The molecule has 6 heteroatoms. The molecule has 0 radical (unpaired) electrons. The van der Waals surface area contributed by atoms with Gasteiger partial charge in [0.25, 0.3) is 0 Å². The van der Waals surface area contributed by atoms with Gasteiger partial charge in [-0.15, -0.1) is 0 Å². The fraction of sp³-hybridized carbons (Fsp3) is 0.930. The summed E-state index contributed by atoms with van der Waals surface area (Å²) in [6, 6.07) is 0. The summed E-state index contributed by atoms with van der Waals surface area (Å²) in [4.78, 5) is 2.50. The molecule has 2 unspecified atom stereocenters. The zero-order valence-corrected chi connectivity index (χ0v) is 42.5. The van der Waals surface area contributed by atoms with Crippen LogP contribution in [0.2, 0.25) is 0 Å². The van der Waals surface area contributed by atoms with Gasteiger partial charge in [0, 0.05) is 26.2 Å². The number of unbranched alkanes of at least 4 members (excludes halogenated alkanes) is 12. The van der Waals surface area contributed by atoms with Crippen LogP contribution in [-0.4, -0.2) is 89.6 Å². The molecular weight excluding hydrogens is 779 g/mol. The van der Waals surface area contributed by atoms with Crippen molar-refractivity contribution >= 4 is 0 Å². The highest BCUT2D eigenvalue weighted by molar-refractivity contribution is 5.25. The smallest absolute Gasteiger partial charge is 0.0821 e. The lowest BCUT2D eigenvalue weighted by Gasteiger charge is -2.58. The van der Waals surface area contributed by atoms with E-state index in [1.807, 2.05) is 0 Å². The summed E-state index contributed by atoms with van der Waals surface area (Å²) >= 11 is 0. The third-order valence-corrected chi connectivity index (χ3v) is 17.4. The Morgan fingerprint density at radius 1 is 0.714 bits per heavy atom. The second kappa shape index (κ2) is 29.9. The molecule has 5 rings (SSSR count). The third-order valence-electron chi connectivity index (χ3n) is 17.4. The Bertz CT molecular complexity index is 1250. The summed E-state index contributed by atoms with van der Waals surface area (Å²) in [7, 11) is 0. The highest BCUT2D eigenvalue weighted by Gasteiger charge is 2.59. The van der Waals surface area contributed by atoms with Gasteiger partial charge < -0.3 is 23.7 Å². The van der Waals surface area contributed by atoms with Crippen LogP contribution in [-0.2, 0) is 23.7 Å². The molecule has 1 aliphatic heterocycles. The summed E-state index contributed by atoms with van der Waals surface area (Å²) in [5.41, 5.74) is 2.67. The molecule has 0 amide bonds. The molecular formula is C57H103NO5. The number of morpholine rings is 1. The van der Waals surface area contributed by atoms with E-state index in [1.165, 1.54) is 148 Å². The number of fused-ring (bicyclic) bond motifs is 5. The molecule has 9 atom stereocenters. The van der Waals surface area contributed by atoms with E-state index in [2.05, 4.69) is 64.7 Å². The SMILES string of the molecule is CCCCCCCC/C=C\CCCCCCCCOCC(CCN1CCOCC1)OCCOCCOC1CC[C@@]2(C)C(=CC[C@H]3[C@@H]4CC[C@H]([C@H](C)CCCC(C)C)[C@@]4(C)CC[C@@H]32)C1. The van der Waals surface area contributed by atoms with Crippen molar-refractivity contribution in [2.24, 2.45) is 46.3 Å². The van der Waals surface area contributed by atoms with Crippen molar-refractivity contribution in [3.63, 3.8) is 0 Å². The molecule has 1 saturated heterocycles. The summed E-state index contributed by atoms with van der Waals surface area (Å²) in [5, 5.41) is 0. The van der Waals surface area contributed by atoms with Crippen molar-refractivity contribution in [1.29, 1.82) is 0 Å². The molecule has 4 fully saturated rings. The Morgan fingerprint density at radius 3 is 2.17 bits per heavy atom. The predicted octanol–water partition coefficient (Wildman–Crippen LogP) is 14.6. The lowest BCUT2D eigenvalue weighted by Crippen LogP contribution is -2.51. The number of nitrogens with zero attached hydrogens (tertiary/aromatic N) is 1. The average Bonchev–Trinajstić information content (AvgIpc) is 3.64. The number of hydrogen-bond donors (Lipinski definition) is 0. The summed E-state index contributed by atoms with van der Waals surface area (Å²) in [5.74, 6) is 5.35. The summed E-state index contributed by atoms with van der Waals surface area (Å²) in [6.07, 6.45) is 42.7. The van der Waals surface area contributed by atoms with Crippen LogP contribution in [0.4, 0.5) is 0 Å². The molecule has 0 aromatic heterocycles. The van der Waals surface area contributed by atoms with Gasteiger partial charge in [-0.2, -0.15) is 0 Å². The van der Waals surface area contributed by atoms with E-state index in [0.29, 0.717) is 50.0 Å². The van der Waals surface area contributed by atoms with E-state index < -0.39 is 0 Å². The van der Waals surface area contributed by atoms with Gasteiger partial charge in [0.15, 0.2) is 0 Å². The molecule has 0 spiro atoms. The Kier molecular flexibility index (Phi) is 25.2. The van der Waals surface area contributed by atoms with E-state index in [0.717, 1.165) is 94.2 Å². The highest BCUT2D eigenvalue weighted by atomic mass is 16.6. The number of allylic oxidation sites excluding steroid dienone is 3. The molecule has 1 heterocycles. The molecule has 4 aliphatic carbocycles. The maximum absolute atomic E-state index is 6.52. The lowest BCUT2D eigenvalue weighted by molar-refractivity contribution is -0.0728. The normalized spacial score (nSPS) is 29.8. The number of ether oxygens (including phenoxy) is 5. The van der Waals surface area contributed by atoms with Gasteiger partial charge in [-0.05, 0) is 136 Å². The first-order valence-electron chi connectivity index (χ1n) is 27.8. The first kappa shape index (κ1) is 53.2. The van der Waals surface area contributed by atoms with Gasteiger partial charge in [-0.25, -0.2) is 0 Å². The molecule has 0 bridgehead atoms. The van der Waals surface area contributed by atoms with Gasteiger partial charge >= 0.3 is 0 Å². The van der Waals surface area contributed by atoms with E-state index in [9.17, 15) is 0 Å². The van der Waals surface area contributed by atoms with Gasteiger partial charge in [0.1, 0.15) is 0 Å². The van der Waals surface area contributed by atoms with Crippen molar-refractivity contribution in [3.05, 3.63) is 23.8 Å². The van der Waals surface area contributed by atoms with Crippen molar-refractivity contribution in [2.45, 2.75) is 221 Å². The van der Waals surface area contributed by atoms with Crippen LogP contribution >= 0.6 is 0 Å². The van der Waals surface area contributed by atoms with Crippen LogP contribution in [0.25, 0.3) is 0 Å². The Morgan fingerprint density at radius 2 is 1.43 bits per heavy atom. The van der Waals surface area contributed by atoms with E-state index >= 15 is 0 Å². The second-order valence-electron chi connectivity index (χ2n) is 22.4. The molecule has 0 aromatic carbocycles. The standard InChI is InChI=1S/C57H103NO5/c1-7-8-9-10-11-12-13-14-15-16-17-18-19-20-21-22-38-61-46-51(32-35-58-36-39-59-40-37-58)63-44-42-60-41-43-62-50-30-33-56(5)49(45-50)26-27-52-54-29-28-53(48(4)25-23-24-47(2)3)57(54,6)34-31-55(52)56/h14-15,26,47-48,50-55H,7-13,16-25,27-46H2,1-6H3/b15-14-/t48-,50?,51?,52+,53-,54+,55+,56+,57-/m1/s1. The average molecular weight is 882 g/mol. The largest absolute Gasteiger partial charge is 0.379 e. The highest BCUT2D eigenvalue weighted by Crippen LogP contribution is 2.67. The molecule has 366 valence electrons. The molecule has 0 aromatic rings. The molecule has 3 saturated carbocycles. The van der Waals surface area contributed by atoms with Crippen molar-refractivity contribution in [3.8, 4) is 0 Å². The van der Waals surface area contributed by atoms with Gasteiger partial charge in [-0.3, -0.25) is 4.90 Å². The number of rotatable bonds is 34. The van der Waals surface area contributed by atoms with E-state index in [-0.39, 0.29) is 6.10 Å². The Hall–Kier alpha value is -0.760. The molecule has 6 nitrogen and oxygen atoms in total. The topological polar surface area (TPSA) is 49.4 Å². The Balaban J connectivity index is 0.912. The van der Waals surface area contributed by atoms with Gasteiger partial charge in [-0.1, -0.05) is 142 Å². The minimum absolute atomic E-state index is 0.109. The summed E-state index contributed by atoms with van der Waals surface area (Å²) in [6.45, 7) is 23.9. The van der Waals surface area contributed by atoms with E-state index in [4.69, 9.17) is 23.7 Å². The molecule has 63 heavy (non-hydrogen) atoms. The quantitative estimate of drug-likeness (QED) is 0.0474. The lowest BCUT2D eigenvalue weighted by atomic mass is 9.47. The zero-order chi connectivity index (χ0) is 44.6. The predicted molar refractivity (Wildman–Crippen MR) is 265 cm³/mol. The monoisotopic (exact) mass is 882 g/mol. The maximum atomic E-state index is 6.52. The molecule has 0 N–H and O–H groups in total. The fourth-order valence-corrected chi connectivity index (χ4v) is 13.5.